The van der Waals surface area contributed by atoms with Crippen LogP contribution in [0.2, 0.25) is 5.02 Å². The van der Waals surface area contributed by atoms with Crippen molar-refractivity contribution in [3.8, 4) is 0 Å². The SMILES string of the molecule is O=C1CCC(=O)N1C1CC2CCC(C1)N2S(=O)(=O)c1ccc(F)c(Cl)c1. The predicted molar refractivity (Wildman–Crippen MR) is 91.4 cm³/mol. The lowest BCUT2D eigenvalue weighted by atomic mass is 9.98. The first-order valence-corrected chi connectivity index (χ1v) is 10.4. The van der Waals surface area contributed by atoms with Crippen molar-refractivity contribution in [3.05, 3.63) is 29.0 Å². The molecule has 0 spiro atoms. The third-order valence-electron chi connectivity index (χ3n) is 5.56. The molecule has 1 aromatic carbocycles. The Kier molecular flexibility index (Phi) is 4.32. The molecule has 140 valence electrons. The number of carbonyl (C=O) groups excluding carboxylic acids is 2. The van der Waals surface area contributed by atoms with Crippen LogP contribution in [-0.2, 0) is 19.6 Å². The Morgan fingerprint density at radius 1 is 1.00 bits per heavy atom. The first-order valence-electron chi connectivity index (χ1n) is 8.62. The Bertz CT molecular complexity index is 861. The number of sulfonamides is 1. The number of fused-ring (bicyclic) bond motifs is 2. The lowest BCUT2D eigenvalue weighted by molar-refractivity contribution is -0.142. The predicted octanol–water partition coefficient (Wildman–Crippen LogP) is 2.31. The third-order valence-corrected chi connectivity index (χ3v) is 7.85. The number of piperidine rings is 1. The number of imide groups is 1. The number of likely N-dealkylation sites (tertiary alicyclic amines) is 1. The highest BCUT2D eigenvalue weighted by Crippen LogP contribution is 2.42. The highest BCUT2D eigenvalue weighted by Gasteiger charge is 2.50. The second-order valence-corrected chi connectivity index (χ2v) is 9.33. The summed E-state index contributed by atoms with van der Waals surface area (Å²) in [5.41, 5.74) is 0. The maximum Gasteiger partial charge on any atom is 0.243 e. The van der Waals surface area contributed by atoms with E-state index in [1.54, 1.807) is 0 Å². The fraction of sp³-hybridized carbons (Fsp3) is 0.529. The minimum atomic E-state index is -3.82. The Morgan fingerprint density at radius 3 is 2.12 bits per heavy atom. The number of hydrogen-bond acceptors (Lipinski definition) is 4. The number of rotatable bonds is 3. The maximum absolute atomic E-state index is 13.4. The molecule has 9 heteroatoms. The largest absolute Gasteiger partial charge is 0.279 e. The van der Waals surface area contributed by atoms with Gasteiger partial charge in [0.25, 0.3) is 0 Å². The van der Waals surface area contributed by atoms with Crippen LogP contribution in [0.25, 0.3) is 0 Å². The second kappa shape index (κ2) is 6.28. The molecule has 2 unspecified atom stereocenters. The van der Waals surface area contributed by atoms with Gasteiger partial charge in [0.15, 0.2) is 0 Å². The molecule has 6 nitrogen and oxygen atoms in total. The van der Waals surface area contributed by atoms with E-state index in [0.717, 1.165) is 12.1 Å². The van der Waals surface area contributed by atoms with Crippen molar-refractivity contribution in [2.75, 3.05) is 0 Å². The van der Waals surface area contributed by atoms with Crippen LogP contribution in [0.15, 0.2) is 23.1 Å². The van der Waals surface area contributed by atoms with Gasteiger partial charge in [-0.15, -0.1) is 0 Å². The molecular formula is C17H18ClFN2O4S. The molecule has 1 aromatic rings. The van der Waals surface area contributed by atoms with E-state index in [0.29, 0.717) is 25.7 Å². The van der Waals surface area contributed by atoms with Crippen LogP contribution in [0.3, 0.4) is 0 Å². The first kappa shape index (κ1) is 17.9. The summed E-state index contributed by atoms with van der Waals surface area (Å²) in [5, 5.41) is -0.235. The average molecular weight is 401 g/mol. The van der Waals surface area contributed by atoms with Crippen LogP contribution in [-0.4, -0.2) is 47.6 Å². The molecule has 3 heterocycles. The lowest BCUT2D eigenvalue weighted by Gasteiger charge is -2.40. The quantitative estimate of drug-likeness (QED) is 0.730. The first-order chi connectivity index (χ1) is 12.3. The summed E-state index contributed by atoms with van der Waals surface area (Å²) in [6, 6.07) is 2.62. The molecule has 26 heavy (non-hydrogen) atoms. The molecule has 0 aromatic heterocycles. The Labute approximate surface area is 156 Å². The number of carbonyl (C=O) groups is 2. The van der Waals surface area contributed by atoms with E-state index in [2.05, 4.69) is 0 Å². The van der Waals surface area contributed by atoms with Crippen LogP contribution in [0.5, 0.6) is 0 Å². The smallest absolute Gasteiger partial charge is 0.243 e. The number of nitrogens with zero attached hydrogens (tertiary/aromatic N) is 2. The fourth-order valence-corrected chi connectivity index (χ4v) is 6.63. The summed E-state index contributed by atoms with van der Waals surface area (Å²) in [4.78, 5) is 25.3. The van der Waals surface area contributed by atoms with Crippen molar-refractivity contribution in [3.63, 3.8) is 0 Å². The zero-order chi connectivity index (χ0) is 18.6. The van der Waals surface area contributed by atoms with Crippen LogP contribution < -0.4 is 0 Å². The molecule has 2 atom stereocenters. The van der Waals surface area contributed by atoms with E-state index in [1.165, 1.54) is 15.3 Å². The van der Waals surface area contributed by atoms with Gasteiger partial charge in [-0.25, -0.2) is 12.8 Å². The van der Waals surface area contributed by atoms with Crippen molar-refractivity contribution < 1.29 is 22.4 Å². The number of hydrogen-bond donors (Lipinski definition) is 0. The van der Waals surface area contributed by atoms with Gasteiger partial charge < -0.3 is 0 Å². The second-order valence-electron chi connectivity index (χ2n) is 7.08. The molecule has 3 saturated heterocycles. The Morgan fingerprint density at radius 2 is 1.58 bits per heavy atom. The molecule has 3 fully saturated rings. The summed E-state index contributed by atoms with van der Waals surface area (Å²) in [6.07, 6.45) is 2.74. The molecule has 2 bridgehead atoms. The summed E-state index contributed by atoms with van der Waals surface area (Å²) >= 11 is 5.75. The zero-order valence-electron chi connectivity index (χ0n) is 13.9. The molecule has 2 amide bonds. The molecule has 0 aliphatic carbocycles. The molecule has 4 rings (SSSR count). The van der Waals surface area contributed by atoms with Crippen LogP contribution in [0.1, 0.15) is 38.5 Å². The Balaban J connectivity index is 1.61. The zero-order valence-corrected chi connectivity index (χ0v) is 15.5. The molecule has 0 N–H and O–H groups in total. The highest BCUT2D eigenvalue weighted by molar-refractivity contribution is 7.89. The standard InChI is InChI=1S/C17H18ClFN2O4S/c18-14-9-13(3-4-15(14)19)26(24,25)21-10-1-2-11(21)8-12(7-10)20-16(22)5-6-17(20)23/h3-4,9-12H,1-2,5-8H2. The van der Waals surface area contributed by atoms with E-state index >= 15 is 0 Å². The summed E-state index contributed by atoms with van der Waals surface area (Å²) in [7, 11) is -3.82. The van der Waals surface area contributed by atoms with Crippen molar-refractivity contribution >= 4 is 33.4 Å². The summed E-state index contributed by atoms with van der Waals surface area (Å²) in [6.45, 7) is 0. The van der Waals surface area contributed by atoms with Gasteiger partial charge in [-0.1, -0.05) is 11.6 Å². The topological polar surface area (TPSA) is 74.8 Å². The van der Waals surface area contributed by atoms with Crippen LogP contribution >= 0.6 is 11.6 Å². The minimum Gasteiger partial charge on any atom is -0.279 e. The number of amides is 2. The van der Waals surface area contributed by atoms with E-state index in [9.17, 15) is 22.4 Å². The van der Waals surface area contributed by atoms with E-state index < -0.39 is 15.8 Å². The van der Waals surface area contributed by atoms with Gasteiger partial charge >= 0.3 is 0 Å². The molecular weight excluding hydrogens is 383 g/mol. The van der Waals surface area contributed by atoms with E-state index in [4.69, 9.17) is 11.6 Å². The van der Waals surface area contributed by atoms with Gasteiger partial charge in [0.2, 0.25) is 21.8 Å². The summed E-state index contributed by atoms with van der Waals surface area (Å²) < 4.78 is 41.0. The normalized spacial score (nSPS) is 29.6. The third kappa shape index (κ3) is 2.75. The van der Waals surface area contributed by atoms with E-state index in [1.807, 2.05) is 0 Å². The van der Waals surface area contributed by atoms with Crippen LogP contribution in [0.4, 0.5) is 4.39 Å². The van der Waals surface area contributed by atoms with E-state index in [-0.39, 0.29) is 52.7 Å². The van der Waals surface area contributed by atoms with Crippen LogP contribution in [0, 0.1) is 5.82 Å². The van der Waals surface area contributed by atoms with Gasteiger partial charge in [-0.05, 0) is 43.9 Å². The highest BCUT2D eigenvalue weighted by atomic mass is 35.5. The van der Waals surface area contributed by atoms with Gasteiger partial charge in [-0.3, -0.25) is 14.5 Å². The monoisotopic (exact) mass is 400 g/mol. The average Bonchev–Trinajstić information content (AvgIpc) is 3.07. The fourth-order valence-electron chi connectivity index (χ4n) is 4.47. The van der Waals surface area contributed by atoms with Gasteiger partial charge in [-0.2, -0.15) is 4.31 Å². The number of halogens is 2. The summed E-state index contributed by atoms with van der Waals surface area (Å²) in [5.74, 6) is -1.000. The molecule has 0 saturated carbocycles. The minimum absolute atomic E-state index is 0.0347. The molecule has 3 aliphatic heterocycles. The maximum atomic E-state index is 13.4. The van der Waals surface area contributed by atoms with Gasteiger partial charge in [0, 0.05) is 31.0 Å². The number of benzene rings is 1. The van der Waals surface area contributed by atoms with Crippen molar-refractivity contribution in [2.24, 2.45) is 0 Å². The van der Waals surface area contributed by atoms with Crippen molar-refractivity contribution in [2.45, 2.75) is 61.5 Å². The van der Waals surface area contributed by atoms with Crippen molar-refractivity contribution in [1.29, 1.82) is 0 Å². The van der Waals surface area contributed by atoms with Crippen molar-refractivity contribution in [1.82, 2.24) is 9.21 Å². The van der Waals surface area contributed by atoms with Gasteiger partial charge in [0.1, 0.15) is 5.82 Å². The molecule has 0 radical (unpaired) electrons. The van der Waals surface area contributed by atoms with Gasteiger partial charge in [0.05, 0.1) is 9.92 Å². The molecule has 3 aliphatic rings. The Hall–Kier alpha value is -1.51. The lowest BCUT2D eigenvalue weighted by Crippen LogP contribution is -2.53.